The van der Waals surface area contributed by atoms with Crippen LogP contribution in [0.2, 0.25) is 0 Å². The maximum absolute atomic E-state index is 11.2. The van der Waals surface area contributed by atoms with Crippen molar-refractivity contribution in [2.75, 3.05) is 39.6 Å². The second-order valence-corrected chi connectivity index (χ2v) is 3.89. The lowest BCUT2D eigenvalue weighted by molar-refractivity contribution is -0.142. The van der Waals surface area contributed by atoms with Gasteiger partial charge in [-0.2, -0.15) is 0 Å². The second-order valence-electron chi connectivity index (χ2n) is 3.89. The normalized spacial score (nSPS) is 10.7. The summed E-state index contributed by atoms with van der Waals surface area (Å²) in [6, 6.07) is 0. The summed E-state index contributed by atoms with van der Waals surface area (Å²) in [6.45, 7) is 6.31. The highest BCUT2D eigenvalue weighted by Crippen LogP contribution is 1.88. The van der Waals surface area contributed by atoms with Crippen molar-refractivity contribution in [1.29, 1.82) is 0 Å². The Morgan fingerprint density at radius 2 is 1.10 bits per heavy atom. The third-order valence-electron chi connectivity index (χ3n) is 2.00. The molecular weight excluding hydrogens is 264 g/mol. The van der Waals surface area contributed by atoms with Gasteiger partial charge in [-0.1, -0.05) is 13.8 Å². The van der Waals surface area contributed by atoms with Gasteiger partial charge in [0.05, 0.1) is 13.2 Å². The van der Waals surface area contributed by atoms with Gasteiger partial charge in [-0.15, -0.1) is 0 Å². The molecule has 0 rings (SSSR count). The fourth-order valence-electron chi connectivity index (χ4n) is 1.13. The van der Waals surface area contributed by atoms with E-state index in [9.17, 15) is 9.59 Å². The molecule has 0 saturated heterocycles. The molecule has 0 aliphatic rings. The summed E-state index contributed by atoms with van der Waals surface area (Å²) >= 11 is 0. The molecule has 0 N–H and O–H groups in total. The Kier molecular flexibility index (Phi) is 13.0. The van der Waals surface area contributed by atoms with E-state index in [-0.39, 0.29) is 13.2 Å². The van der Waals surface area contributed by atoms with Crippen LogP contribution >= 0.6 is 0 Å². The molecule has 0 aromatic carbocycles. The number of hydrogen-bond donors (Lipinski definition) is 0. The van der Waals surface area contributed by atoms with Gasteiger partial charge < -0.3 is 18.9 Å². The van der Waals surface area contributed by atoms with Crippen LogP contribution in [0.25, 0.3) is 0 Å². The molecule has 6 nitrogen and oxygen atoms in total. The summed E-state index contributed by atoms with van der Waals surface area (Å²) in [4.78, 5) is 22.4. The van der Waals surface area contributed by atoms with Crippen molar-refractivity contribution < 1.29 is 28.5 Å². The molecule has 6 heteroatoms. The van der Waals surface area contributed by atoms with Crippen molar-refractivity contribution in [2.24, 2.45) is 0 Å². The predicted octanol–water partition coefficient (Wildman–Crippen LogP) is 1.48. The minimum atomic E-state index is -0.593. The number of rotatable bonds is 12. The van der Waals surface area contributed by atoms with E-state index in [1.807, 2.05) is 13.8 Å². The van der Waals surface area contributed by atoms with E-state index in [0.717, 1.165) is 25.0 Å². The lowest BCUT2D eigenvalue weighted by Crippen LogP contribution is -2.11. The van der Waals surface area contributed by atoms with Crippen LogP contribution in [0.1, 0.15) is 26.7 Å². The van der Waals surface area contributed by atoms with Gasteiger partial charge in [0.25, 0.3) is 0 Å². The lowest BCUT2D eigenvalue weighted by atomic mass is 10.5. The van der Waals surface area contributed by atoms with Gasteiger partial charge >= 0.3 is 11.9 Å². The topological polar surface area (TPSA) is 71.1 Å². The van der Waals surface area contributed by atoms with E-state index in [0.29, 0.717) is 26.4 Å². The molecule has 0 spiro atoms. The van der Waals surface area contributed by atoms with Gasteiger partial charge in [-0.3, -0.25) is 0 Å². The molecule has 0 aromatic rings. The molecule has 116 valence electrons. The zero-order chi connectivity index (χ0) is 15.1. The summed E-state index contributed by atoms with van der Waals surface area (Å²) in [6.07, 6.45) is 3.91. The van der Waals surface area contributed by atoms with Crippen LogP contribution in [0, 0.1) is 0 Å². The third kappa shape index (κ3) is 13.0. The molecule has 0 fully saturated rings. The monoisotopic (exact) mass is 288 g/mol. The van der Waals surface area contributed by atoms with Crippen LogP contribution in [0.3, 0.4) is 0 Å². The van der Waals surface area contributed by atoms with Crippen molar-refractivity contribution in [3.05, 3.63) is 12.2 Å². The highest BCUT2D eigenvalue weighted by atomic mass is 16.6. The van der Waals surface area contributed by atoms with Crippen LogP contribution in [-0.2, 0) is 28.5 Å². The SMILES string of the molecule is CCCOCCOC(=O)/C=C\C(=O)OCCOCCC. The summed E-state index contributed by atoms with van der Waals surface area (Å²) in [7, 11) is 0. The average molecular weight is 288 g/mol. The zero-order valence-electron chi connectivity index (χ0n) is 12.3. The molecular formula is C14H24O6. The maximum atomic E-state index is 11.2. The molecule has 0 amide bonds. The number of carbonyl (C=O) groups excluding carboxylic acids is 2. The summed E-state index contributed by atoms with van der Waals surface area (Å²) in [5.74, 6) is -1.19. The first kappa shape index (κ1) is 18.6. The van der Waals surface area contributed by atoms with Crippen LogP contribution < -0.4 is 0 Å². The third-order valence-corrected chi connectivity index (χ3v) is 2.00. The quantitative estimate of drug-likeness (QED) is 0.308. The number of ether oxygens (including phenoxy) is 4. The van der Waals surface area contributed by atoms with Crippen molar-refractivity contribution in [3.8, 4) is 0 Å². The molecule has 20 heavy (non-hydrogen) atoms. The molecule has 0 aliphatic heterocycles. The predicted molar refractivity (Wildman–Crippen MR) is 73.3 cm³/mol. The standard InChI is InChI=1S/C14H24O6/c1-3-7-17-9-11-19-13(15)5-6-14(16)20-12-10-18-8-4-2/h5-6H,3-4,7-12H2,1-2H3/b6-5-. The van der Waals surface area contributed by atoms with Gasteiger partial charge in [0, 0.05) is 25.4 Å². The fourth-order valence-corrected chi connectivity index (χ4v) is 1.13. The smallest absolute Gasteiger partial charge is 0.331 e. The molecule has 0 saturated carbocycles. The Bertz CT molecular complexity index is 259. The van der Waals surface area contributed by atoms with Gasteiger partial charge in [0.15, 0.2) is 0 Å². The van der Waals surface area contributed by atoms with Gasteiger partial charge in [-0.25, -0.2) is 9.59 Å². The Balaban J connectivity index is 3.54. The van der Waals surface area contributed by atoms with Gasteiger partial charge in [0.2, 0.25) is 0 Å². The van der Waals surface area contributed by atoms with Crippen LogP contribution in [-0.4, -0.2) is 51.6 Å². The van der Waals surface area contributed by atoms with E-state index < -0.39 is 11.9 Å². The molecule has 0 heterocycles. The first-order valence-electron chi connectivity index (χ1n) is 6.87. The lowest BCUT2D eigenvalue weighted by Gasteiger charge is -2.03. The molecule has 0 atom stereocenters. The number of hydrogen-bond acceptors (Lipinski definition) is 6. The average Bonchev–Trinajstić information content (AvgIpc) is 2.44. The minimum absolute atomic E-state index is 0.170. The van der Waals surface area contributed by atoms with Crippen molar-refractivity contribution in [1.82, 2.24) is 0 Å². The molecule has 0 bridgehead atoms. The number of esters is 2. The highest BCUT2D eigenvalue weighted by Gasteiger charge is 2.01. The highest BCUT2D eigenvalue weighted by molar-refractivity contribution is 5.91. The summed E-state index contributed by atoms with van der Waals surface area (Å²) in [5.41, 5.74) is 0. The zero-order valence-corrected chi connectivity index (χ0v) is 12.3. The van der Waals surface area contributed by atoms with Crippen molar-refractivity contribution >= 4 is 11.9 Å². The molecule has 0 aliphatic carbocycles. The van der Waals surface area contributed by atoms with E-state index in [4.69, 9.17) is 18.9 Å². The first-order valence-corrected chi connectivity index (χ1v) is 6.87. The largest absolute Gasteiger partial charge is 0.460 e. The van der Waals surface area contributed by atoms with Crippen LogP contribution in [0.4, 0.5) is 0 Å². The van der Waals surface area contributed by atoms with E-state index >= 15 is 0 Å². The molecule has 0 radical (unpaired) electrons. The number of carbonyl (C=O) groups is 2. The first-order chi connectivity index (χ1) is 9.70. The molecule has 0 unspecified atom stereocenters. The fraction of sp³-hybridized carbons (Fsp3) is 0.714. The summed E-state index contributed by atoms with van der Waals surface area (Å²) in [5, 5.41) is 0. The van der Waals surface area contributed by atoms with E-state index in [1.54, 1.807) is 0 Å². The van der Waals surface area contributed by atoms with Crippen molar-refractivity contribution in [3.63, 3.8) is 0 Å². The van der Waals surface area contributed by atoms with Crippen molar-refractivity contribution in [2.45, 2.75) is 26.7 Å². The Labute approximate surface area is 120 Å². The van der Waals surface area contributed by atoms with Crippen LogP contribution in [0.5, 0.6) is 0 Å². The Hall–Kier alpha value is -1.40. The Morgan fingerprint density at radius 1 is 0.700 bits per heavy atom. The van der Waals surface area contributed by atoms with E-state index in [2.05, 4.69) is 0 Å². The van der Waals surface area contributed by atoms with Gasteiger partial charge in [-0.05, 0) is 12.8 Å². The van der Waals surface area contributed by atoms with Gasteiger partial charge in [0.1, 0.15) is 13.2 Å². The summed E-state index contributed by atoms with van der Waals surface area (Å²) < 4.78 is 19.9. The maximum Gasteiger partial charge on any atom is 0.331 e. The van der Waals surface area contributed by atoms with E-state index in [1.165, 1.54) is 0 Å². The van der Waals surface area contributed by atoms with Crippen LogP contribution in [0.15, 0.2) is 12.2 Å². The Morgan fingerprint density at radius 3 is 1.45 bits per heavy atom. The molecule has 0 aromatic heterocycles. The second kappa shape index (κ2) is 14.0. The minimum Gasteiger partial charge on any atom is -0.460 e.